The molecule has 0 saturated carbocycles. The molecule has 2 aromatic rings. The Kier molecular flexibility index (Phi) is 4.56. The molecule has 3 rings (SSSR count). The molecule has 0 atom stereocenters. The summed E-state index contributed by atoms with van der Waals surface area (Å²) in [5, 5.41) is 0. The molecular formula is C17H20FN3O2S. The van der Waals surface area contributed by atoms with Gasteiger partial charge in [0.25, 0.3) is 0 Å². The van der Waals surface area contributed by atoms with Crippen molar-refractivity contribution < 1.29 is 12.8 Å². The van der Waals surface area contributed by atoms with Gasteiger partial charge in [-0.2, -0.15) is 4.31 Å². The van der Waals surface area contributed by atoms with Crippen molar-refractivity contribution in [1.82, 2.24) is 9.29 Å². The van der Waals surface area contributed by atoms with Crippen LogP contribution in [0.3, 0.4) is 0 Å². The first-order chi connectivity index (χ1) is 11.4. The molecule has 1 aromatic heterocycles. The summed E-state index contributed by atoms with van der Waals surface area (Å²) in [5.74, 6) is -0.276. The molecule has 1 aromatic carbocycles. The number of aromatic nitrogens is 1. The second kappa shape index (κ2) is 6.49. The topological polar surface area (TPSA) is 76.3 Å². The van der Waals surface area contributed by atoms with Gasteiger partial charge in [-0.15, -0.1) is 0 Å². The van der Waals surface area contributed by atoms with E-state index in [1.165, 1.54) is 16.6 Å². The number of pyridine rings is 1. The average molecular weight is 349 g/mol. The summed E-state index contributed by atoms with van der Waals surface area (Å²) in [6.07, 6.45) is 4.22. The van der Waals surface area contributed by atoms with Crippen LogP contribution in [0, 0.1) is 12.7 Å². The molecule has 1 aliphatic heterocycles. The number of nitrogens with two attached hydrogens (primary N) is 1. The second-order valence-electron chi connectivity index (χ2n) is 6.10. The van der Waals surface area contributed by atoms with Crippen LogP contribution in [0.5, 0.6) is 0 Å². The fraction of sp³-hybridized carbons (Fsp3) is 0.353. The lowest BCUT2D eigenvalue weighted by molar-refractivity contribution is 0.318. The van der Waals surface area contributed by atoms with Crippen LogP contribution in [0.1, 0.15) is 29.9 Å². The molecule has 1 saturated heterocycles. The Morgan fingerprint density at radius 1 is 1.29 bits per heavy atom. The van der Waals surface area contributed by atoms with Crippen molar-refractivity contribution in [2.24, 2.45) is 0 Å². The van der Waals surface area contributed by atoms with E-state index < -0.39 is 15.8 Å². The highest BCUT2D eigenvalue weighted by atomic mass is 32.2. The smallest absolute Gasteiger partial charge is 0.244 e. The molecule has 0 spiro atoms. The number of rotatable bonds is 3. The molecule has 0 unspecified atom stereocenters. The van der Waals surface area contributed by atoms with E-state index in [4.69, 9.17) is 5.73 Å². The Hall–Kier alpha value is -1.99. The summed E-state index contributed by atoms with van der Waals surface area (Å²) < 4.78 is 40.4. The van der Waals surface area contributed by atoms with Crippen LogP contribution in [-0.2, 0) is 10.0 Å². The zero-order chi connectivity index (χ0) is 17.3. The third-order valence-corrected chi connectivity index (χ3v) is 6.43. The van der Waals surface area contributed by atoms with E-state index in [0.717, 1.165) is 11.1 Å². The summed E-state index contributed by atoms with van der Waals surface area (Å²) in [7, 11) is -3.52. The predicted molar refractivity (Wildman–Crippen MR) is 90.5 cm³/mol. The molecule has 0 bridgehead atoms. The SMILES string of the molecule is Cc1cc(N)c(F)cc1C1CCN(S(=O)(=O)c2cccnc2)CC1. The number of sulfonamides is 1. The van der Waals surface area contributed by atoms with Crippen molar-refractivity contribution in [3.05, 3.63) is 53.6 Å². The fourth-order valence-electron chi connectivity index (χ4n) is 3.21. The maximum absolute atomic E-state index is 13.8. The number of hydrogen-bond acceptors (Lipinski definition) is 4. The molecule has 7 heteroatoms. The third-order valence-electron chi connectivity index (χ3n) is 4.55. The molecular weight excluding hydrogens is 329 g/mol. The number of anilines is 1. The van der Waals surface area contributed by atoms with Gasteiger partial charge in [0.05, 0.1) is 5.69 Å². The van der Waals surface area contributed by atoms with E-state index in [9.17, 15) is 12.8 Å². The zero-order valence-corrected chi connectivity index (χ0v) is 14.3. The first-order valence-electron chi connectivity index (χ1n) is 7.85. The fourth-order valence-corrected chi connectivity index (χ4v) is 4.65. The van der Waals surface area contributed by atoms with Crippen LogP contribution in [0.15, 0.2) is 41.6 Å². The van der Waals surface area contributed by atoms with Crippen LogP contribution in [0.25, 0.3) is 0 Å². The maximum Gasteiger partial charge on any atom is 0.244 e. The van der Waals surface area contributed by atoms with Crippen LogP contribution >= 0.6 is 0 Å². The minimum absolute atomic E-state index is 0.139. The van der Waals surface area contributed by atoms with Gasteiger partial charge in [0.2, 0.25) is 10.0 Å². The quantitative estimate of drug-likeness (QED) is 0.865. The largest absolute Gasteiger partial charge is 0.396 e. The molecule has 5 nitrogen and oxygen atoms in total. The van der Waals surface area contributed by atoms with Gasteiger partial charge in [0.1, 0.15) is 10.7 Å². The molecule has 0 radical (unpaired) electrons. The van der Waals surface area contributed by atoms with Crippen molar-refractivity contribution in [1.29, 1.82) is 0 Å². The van der Waals surface area contributed by atoms with E-state index in [0.29, 0.717) is 25.9 Å². The molecule has 128 valence electrons. The summed E-state index contributed by atoms with van der Waals surface area (Å²) in [4.78, 5) is 4.09. The molecule has 0 aliphatic carbocycles. The lowest BCUT2D eigenvalue weighted by atomic mass is 9.87. The second-order valence-corrected chi connectivity index (χ2v) is 8.04. The van der Waals surface area contributed by atoms with Crippen LogP contribution in [0.4, 0.5) is 10.1 Å². The van der Waals surface area contributed by atoms with E-state index in [1.807, 2.05) is 6.92 Å². The first-order valence-corrected chi connectivity index (χ1v) is 9.29. The van der Waals surface area contributed by atoms with Crippen molar-refractivity contribution in [3.8, 4) is 0 Å². The van der Waals surface area contributed by atoms with Gasteiger partial charge in [-0.1, -0.05) is 0 Å². The third kappa shape index (κ3) is 3.14. The standard InChI is InChI=1S/C17H20FN3O2S/c1-12-9-17(19)16(18)10-15(12)13-4-7-21(8-5-13)24(22,23)14-3-2-6-20-11-14/h2-3,6,9-11,13H,4-5,7-8,19H2,1H3. The van der Waals surface area contributed by atoms with E-state index in [-0.39, 0.29) is 16.5 Å². The normalized spacial score (nSPS) is 17.1. The minimum atomic E-state index is -3.52. The lowest BCUT2D eigenvalue weighted by Crippen LogP contribution is -2.38. The minimum Gasteiger partial charge on any atom is -0.396 e. The predicted octanol–water partition coefficient (Wildman–Crippen LogP) is 2.68. The van der Waals surface area contributed by atoms with Crippen molar-refractivity contribution >= 4 is 15.7 Å². The summed E-state index contributed by atoms with van der Waals surface area (Å²) in [5.41, 5.74) is 7.60. The van der Waals surface area contributed by atoms with Crippen LogP contribution < -0.4 is 5.73 Å². The Morgan fingerprint density at radius 3 is 2.62 bits per heavy atom. The number of hydrogen-bond donors (Lipinski definition) is 1. The number of aryl methyl sites for hydroxylation is 1. The Balaban J connectivity index is 1.76. The Morgan fingerprint density at radius 2 is 2.00 bits per heavy atom. The van der Waals surface area contributed by atoms with Gasteiger partial charge in [0.15, 0.2) is 0 Å². The summed E-state index contributed by atoms with van der Waals surface area (Å²) in [6, 6.07) is 6.29. The molecule has 2 N–H and O–H groups in total. The Labute approximate surface area is 141 Å². The van der Waals surface area contributed by atoms with Gasteiger partial charge in [0, 0.05) is 25.5 Å². The number of halogens is 1. The molecule has 1 fully saturated rings. The van der Waals surface area contributed by atoms with E-state index >= 15 is 0 Å². The molecule has 1 aliphatic rings. The highest BCUT2D eigenvalue weighted by Crippen LogP contribution is 2.33. The van der Waals surface area contributed by atoms with Crippen molar-refractivity contribution in [3.63, 3.8) is 0 Å². The van der Waals surface area contributed by atoms with Gasteiger partial charge in [-0.05, 0) is 61.1 Å². The van der Waals surface area contributed by atoms with Crippen LogP contribution in [0.2, 0.25) is 0 Å². The average Bonchev–Trinajstić information content (AvgIpc) is 2.59. The van der Waals surface area contributed by atoms with Gasteiger partial charge < -0.3 is 5.73 Å². The van der Waals surface area contributed by atoms with Gasteiger partial charge >= 0.3 is 0 Å². The highest BCUT2D eigenvalue weighted by Gasteiger charge is 2.30. The number of nitrogens with zero attached hydrogens (tertiary/aromatic N) is 2. The molecule has 24 heavy (non-hydrogen) atoms. The van der Waals surface area contributed by atoms with Crippen molar-refractivity contribution in [2.45, 2.75) is 30.6 Å². The summed E-state index contributed by atoms with van der Waals surface area (Å²) >= 11 is 0. The van der Waals surface area contributed by atoms with E-state index in [2.05, 4.69) is 4.98 Å². The summed E-state index contributed by atoms with van der Waals surface area (Å²) in [6.45, 7) is 2.73. The van der Waals surface area contributed by atoms with Crippen molar-refractivity contribution in [2.75, 3.05) is 18.8 Å². The lowest BCUT2D eigenvalue weighted by Gasteiger charge is -2.32. The maximum atomic E-state index is 13.8. The Bertz CT molecular complexity index is 832. The first kappa shape index (κ1) is 16.9. The number of nitrogen functional groups attached to an aromatic ring is 1. The molecule has 2 heterocycles. The molecule has 0 amide bonds. The number of piperidine rings is 1. The number of benzene rings is 1. The van der Waals surface area contributed by atoms with Crippen LogP contribution in [-0.4, -0.2) is 30.8 Å². The van der Waals surface area contributed by atoms with Gasteiger partial charge in [-0.25, -0.2) is 12.8 Å². The van der Waals surface area contributed by atoms with E-state index in [1.54, 1.807) is 24.4 Å². The monoisotopic (exact) mass is 349 g/mol. The highest BCUT2D eigenvalue weighted by molar-refractivity contribution is 7.89. The van der Waals surface area contributed by atoms with Gasteiger partial charge in [-0.3, -0.25) is 4.98 Å². The zero-order valence-electron chi connectivity index (χ0n) is 13.4.